The summed E-state index contributed by atoms with van der Waals surface area (Å²) in [5.74, 6) is 0. The third kappa shape index (κ3) is 3.16. The zero-order valence-electron chi connectivity index (χ0n) is 12.2. The van der Waals surface area contributed by atoms with Crippen LogP contribution in [0.5, 0.6) is 0 Å². The van der Waals surface area contributed by atoms with Crippen molar-refractivity contribution in [2.45, 2.75) is 33.2 Å². The lowest BCUT2D eigenvalue weighted by Crippen LogP contribution is -2.49. The Morgan fingerprint density at radius 3 is 2.47 bits per heavy atom. The van der Waals surface area contributed by atoms with E-state index in [4.69, 9.17) is 0 Å². The number of rotatable bonds is 4. The number of hydrogen-bond donors (Lipinski definition) is 0. The highest BCUT2D eigenvalue weighted by molar-refractivity contribution is 5.78. The van der Waals surface area contributed by atoms with Crippen LogP contribution in [-0.2, 0) is 0 Å². The minimum atomic E-state index is 0.682. The Bertz CT molecular complexity index is 436. The first-order valence-electron chi connectivity index (χ1n) is 7.20. The van der Waals surface area contributed by atoms with Gasteiger partial charge >= 0.3 is 0 Å². The van der Waals surface area contributed by atoms with Gasteiger partial charge in [-0.3, -0.25) is 9.69 Å². The Kier molecular flexibility index (Phi) is 4.59. The van der Waals surface area contributed by atoms with E-state index < -0.39 is 0 Å². The topological polar surface area (TPSA) is 23.6 Å². The highest BCUT2D eigenvalue weighted by Gasteiger charge is 2.20. The van der Waals surface area contributed by atoms with Crippen molar-refractivity contribution in [2.75, 3.05) is 31.1 Å². The fraction of sp³-hybridized carbons (Fsp3) is 0.562. The number of nitrogens with zero attached hydrogens (tertiary/aromatic N) is 2. The first-order chi connectivity index (χ1) is 9.15. The normalized spacial score (nSPS) is 18.4. The summed E-state index contributed by atoms with van der Waals surface area (Å²) in [6, 6.07) is 6.80. The number of anilines is 1. The maximum absolute atomic E-state index is 10.8. The summed E-state index contributed by atoms with van der Waals surface area (Å²) in [7, 11) is 0. The van der Waals surface area contributed by atoms with Crippen LogP contribution in [0.2, 0.25) is 0 Å². The largest absolute Gasteiger partial charge is 0.369 e. The zero-order valence-corrected chi connectivity index (χ0v) is 12.2. The molecule has 1 heterocycles. The number of aryl methyl sites for hydroxylation is 1. The van der Waals surface area contributed by atoms with E-state index in [0.29, 0.717) is 6.04 Å². The molecule has 1 saturated heterocycles. The minimum absolute atomic E-state index is 0.682. The Morgan fingerprint density at radius 2 is 1.95 bits per heavy atom. The van der Waals surface area contributed by atoms with Gasteiger partial charge in [0, 0.05) is 43.5 Å². The van der Waals surface area contributed by atoms with Crippen LogP contribution < -0.4 is 4.90 Å². The number of carbonyl (C=O) groups excluding carboxylic acids is 1. The molecule has 1 fully saturated rings. The molecule has 1 atom stereocenters. The lowest BCUT2D eigenvalue weighted by Gasteiger charge is -2.39. The summed E-state index contributed by atoms with van der Waals surface area (Å²) in [5, 5.41) is 0. The van der Waals surface area contributed by atoms with Gasteiger partial charge in [0.05, 0.1) is 0 Å². The monoisotopic (exact) mass is 260 g/mol. The molecule has 0 radical (unpaired) electrons. The van der Waals surface area contributed by atoms with Crippen molar-refractivity contribution in [1.82, 2.24) is 4.90 Å². The molecule has 0 aliphatic carbocycles. The highest BCUT2D eigenvalue weighted by atomic mass is 16.1. The molecule has 0 bridgehead atoms. The minimum Gasteiger partial charge on any atom is -0.369 e. The van der Waals surface area contributed by atoms with Crippen LogP contribution in [0.15, 0.2) is 18.2 Å². The first kappa shape index (κ1) is 14.1. The summed E-state index contributed by atoms with van der Waals surface area (Å²) in [6.07, 6.45) is 2.15. The van der Waals surface area contributed by atoms with Crippen molar-refractivity contribution in [3.05, 3.63) is 29.3 Å². The van der Waals surface area contributed by atoms with E-state index in [-0.39, 0.29) is 0 Å². The molecule has 3 nitrogen and oxygen atoms in total. The number of hydrogen-bond acceptors (Lipinski definition) is 3. The first-order valence-corrected chi connectivity index (χ1v) is 7.20. The van der Waals surface area contributed by atoms with Gasteiger partial charge in [-0.2, -0.15) is 0 Å². The summed E-state index contributed by atoms with van der Waals surface area (Å²) in [6.45, 7) is 11.0. The molecule has 0 N–H and O–H groups in total. The standard InChI is InChI=1S/C16H24N2O/c1-4-14(3)17-7-9-18(10-8-17)16-6-5-15(12-19)13(2)11-16/h5-6,11-12,14H,4,7-10H2,1-3H3/t14-/m0/s1. The third-order valence-corrected chi connectivity index (χ3v) is 4.27. The van der Waals surface area contributed by atoms with Gasteiger partial charge in [-0.05, 0) is 44.0 Å². The van der Waals surface area contributed by atoms with Crippen LogP contribution in [0.25, 0.3) is 0 Å². The molecule has 1 aromatic rings. The van der Waals surface area contributed by atoms with E-state index in [9.17, 15) is 4.79 Å². The Balaban J connectivity index is 2.01. The van der Waals surface area contributed by atoms with E-state index in [0.717, 1.165) is 43.6 Å². The molecule has 104 valence electrons. The molecule has 0 spiro atoms. The lowest BCUT2D eigenvalue weighted by molar-refractivity contribution is 0.112. The van der Waals surface area contributed by atoms with Crippen LogP contribution in [0.3, 0.4) is 0 Å². The summed E-state index contributed by atoms with van der Waals surface area (Å²) < 4.78 is 0. The van der Waals surface area contributed by atoms with E-state index in [1.807, 2.05) is 13.0 Å². The van der Waals surface area contributed by atoms with E-state index in [2.05, 4.69) is 35.8 Å². The van der Waals surface area contributed by atoms with Crippen molar-refractivity contribution >= 4 is 12.0 Å². The number of piperazine rings is 1. The number of benzene rings is 1. The molecule has 1 aromatic carbocycles. The van der Waals surface area contributed by atoms with Gasteiger partial charge in [0.25, 0.3) is 0 Å². The fourth-order valence-corrected chi connectivity index (χ4v) is 2.67. The predicted molar refractivity (Wildman–Crippen MR) is 80.1 cm³/mol. The van der Waals surface area contributed by atoms with Gasteiger partial charge < -0.3 is 4.90 Å². The van der Waals surface area contributed by atoms with Gasteiger partial charge in [-0.15, -0.1) is 0 Å². The van der Waals surface area contributed by atoms with Crippen molar-refractivity contribution in [2.24, 2.45) is 0 Å². The predicted octanol–water partition coefficient (Wildman–Crippen LogP) is 2.73. The summed E-state index contributed by atoms with van der Waals surface area (Å²) in [4.78, 5) is 15.8. The molecule has 0 amide bonds. The smallest absolute Gasteiger partial charge is 0.150 e. The van der Waals surface area contributed by atoms with Gasteiger partial charge in [0.2, 0.25) is 0 Å². The van der Waals surface area contributed by atoms with Crippen LogP contribution >= 0.6 is 0 Å². The molecule has 1 aliphatic heterocycles. The fourth-order valence-electron chi connectivity index (χ4n) is 2.67. The second kappa shape index (κ2) is 6.20. The molecule has 0 saturated carbocycles. The maximum atomic E-state index is 10.8. The molecule has 3 heteroatoms. The second-order valence-corrected chi connectivity index (χ2v) is 5.44. The van der Waals surface area contributed by atoms with Gasteiger partial charge in [-0.25, -0.2) is 0 Å². The summed E-state index contributed by atoms with van der Waals surface area (Å²) in [5.41, 5.74) is 3.10. The molecule has 19 heavy (non-hydrogen) atoms. The average molecular weight is 260 g/mol. The van der Waals surface area contributed by atoms with Gasteiger partial charge in [0.15, 0.2) is 0 Å². The SMILES string of the molecule is CC[C@H](C)N1CCN(c2ccc(C=O)c(C)c2)CC1. The van der Waals surface area contributed by atoms with E-state index in [1.165, 1.54) is 12.1 Å². The van der Waals surface area contributed by atoms with Crippen molar-refractivity contribution in [3.63, 3.8) is 0 Å². The van der Waals surface area contributed by atoms with Crippen molar-refractivity contribution in [3.8, 4) is 0 Å². The Hall–Kier alpha value is -1.35. The van der Waals surface area contributed by atoms with Crippen molar-refractivity contribution < 1.29 is 4.79 Å². The second-order valence-electron chi connectivity index (χ2n) is 5.44. The van der Waals surface area contributed by atoms with Crippen LogP contribution in [0, 0.1) is 6.92 Å². The number of carbonyl (C=O) groups is 1. The molecule has 0 aromatic heterocycles. The highest BCUT2D eigenvalue weighted by Crippen LogP contribution is 2.20. The Morgan fingerprint density at radius 1 is 1.26 bits per heavy atom. The van der Waals surface area contributed by atoms with E-state index >= 15 is 0 Å². The molecule has 2 rings (SSSR count). The van der Waals surface area contributed by atoms with Crippen LogP contribution in [0.4, 0.5) is 5.69 Å². The zero-order chi connectivity index (χ0) is 13.8. The van der Waals surface area contributed by atoms with Gasteiger partial charge in [-0.1, -0.05) is 6.92 Å². The Labute approximate surface area is 116 Å². The quantitative estimate of drug-likeness (QED) is 0.778. The maximum Gasteiger partial charge on any atom is 0.150 e. The molecular formula is C16H24N2O. The van der Waals surface area contributed by atoms with Crippen LogP contribution in [0.1, 0.15) is 36.2 Å². The summed E-state index contributed by atoms with van der Waals surface area (Å²) >= 11 is 0. The molecular weight excluding hydrogens is 236 g/mol. The molecule has 1 aliphatic rings. The number of aldehydes is 1. The van der Waals surface area contributed by atoms with Crippen LogP contribution in [-0.4, -0.2) is 43.4 Å². The van der Waals surface area contributed by atoms with Gasteiger partial charge in [0.1, 0.15) is 6.29 Å². The van der Waals surface area contributed by atoms with E-state index in [1.54, 1.807) is 0 Å². The molecule has 0 unspecified atom stereocenters. The average Bonchev–Trinajstić information content (AvgIpc) is 2.46. The van der Waals surface area contributed by atoms with Crippen molar-refractivity contribution in [1.29, 1.82) is 0 Å². The third-order valence-electron chi connectivity index (χ3n) is 4.27. The lowest BCUT2D eigenvalue weighted by atomic mass is 10.1.